The largest absolute Gasteiger partial charge is 0.381 e. The molecule has 1 saturated heterocycles. The van der Waals surface area contributed by atoms with Crippen LogP contribution in [0.25, 0.3) is 5.65 Å². The maximum atomic E-state index is 5.36. The molecule has 1 N–H and O–H groups in total. The molecule has 0 spiro atoms. The fourth-order valence-electron chi connectivity index (χ4n) is 2.43. The molecule has 3 heterocycles. The molecule has 0 unspecified atom stereocenters. The molecule has 4 heteroatoms. The van der Waals surface area contributed by atoms with Gasteiger partial charge in [-0.1, -0.05) is 6.07 Å². The molecule has 0 atom stereocenters. The Bertz CT molecular complexity index is 469. The molecule has 18 heavy (non-hydrogen) atoms. The van der Waals surface area contributed by atoms with E-state index in [0.717, 1.165) is 43.6 Å². The second-order valence-electron chi connectivity index (χ2n) is 4.88. The van der Waals surface area contributed by atoms with Crippen LogP contribution in [-0.2, 0) is 11.3 Å². The summed E-state index contributed by atoms with van der Waals surface area (Å²) in [6, 6.07) is 6.07. The first-order valence-corrected chi connectivity index (χ1v) is 6.63. The average Bonchev–Trinajstić information content (AvgIpc) is 2.82. The topological polar surface area (TPSA) is 38.6 Å². The van der Waals surface area contributed by atoms with Gasteiger partial charge in [-0.05, 0) is 37.4 Å². The van der Waals surface area contributed by atoms with Gasteiger partial charge in [0.25, 0.3) is 0 Å². The molecule has 0 aromatic carbocycles. The van der Waals surface area contributed by atoms with Crippen molar-refractivity contribution < 1.29 is 4.74 Å². The fraction of sp³-hybridized carbons (Fsp3) is 0.500. The highest BCUT2D eigenvalue weighted by Crippen LogP contribution is 2.13. The predicted molar refractivity (Wildman–Crippen MR) is 70.4 cm³/mol. The van der Waals surface area contributed by atoms with Crippen molar-refractivity contribution in [2.45, 2.75) is 19.4 Å². The van der Waals surface area contributed by atoms with E-state index in [1.807, 2.05) is 24.4 Å². The lowest BCUT2D eigenvalue weighted by Crippen LogP contribution is -2.27. The van der Waals surface area contributed by atoms with Crippen LogP contribution in [0.5, 0.6) is 0 Å². The van der Waals surface area contributed by atoms with Gasteiger partial charge in [0, 0.05) is 32.2 Å². The van der Waals surface area contributed by atoms with Crippen molar-refractivity contribution in [2.24, 2.45) is 5.92 Å². The minimum absolute atomic E-state index is 0.760. The molecule has 1 fully saturated rings. The van der Waals surface area contributed by atoms with Crippen molar-refractivity contribution in [3.63, 3.8) is 0 Å². The molecule has 2 aromatic rings. The van der Waals surface area contributed by atoms with Gasteiger partial charge < -0.3 is 14.5 Å². The smallest absolute Gasteiger partial charge is 0.137 e. The molecule has 1 aliphatic heterocycles. The zero-order chi connectivity index (χ0) is 12.2. The highest BCUT2D eigenvalue weighted by atomic mass is 16.5. The van der Waals surface area contributed by atoms with Crippen molar-refractivity contribution in [3.05, 3.63) is 36.3 Å². The molecule has 0 bridgehead atoms. The van der Waals surface area contributed by atoms with Crippen LogP contribution in [0.15, 0.2) is 30.6 Å². The highest BCUT2D eigenvalue weighted by Gasteiger charge is 2.13. The molecular weight excluding hydrogens is 226 g/mol. The number of pyridine rings is 1. The maximum Gasteiger partial charge on any atom is 0.137 e. The molecule has 1 aliphatic rings. The first-order valence-electron chi connectivity index (χ1n) is 6.63. The summed E-state index contributed by atoms with van der Waals surface area (Å²) in [7, 11) is 0. The Balaban J connectivity index is 1.53. The number of nitrogens with one attached hydrogen (secondary N) is 1. The summed E-state index contributed by atoms with van der Waals surface area (Å²) in [5, 5.41) is 3.50. The molecule has 96 valence electrons. The Labute approximate surface area is 107 Å². The number of hydrogen-bond donors (Lipinski definition) is 1. The van der Waals surface area contributed by atoms with Crippen LogP contribution >= 0.6 is 0 Å². The van der Waals surface area contributed by atoms with Gasteiger partial charge in [-0.3, -0.25) is 0 Å². The predicted octanol–water partition coefficient (Wildman–Crippen LogP) is 1.85. The summed E-state index contributed by atoms with van der Waals surface area (Å²) in [5.74, 6) is 0.760. The lowest BCUT2D eigenvalue weighted by atomic mass is 10.0. The maximum absolute atomic E-state index is 5.36. The minimum atomic E-state index is 0.760. The summed E-state index contributed by atoms with van der Waals surface area (Å²) < 4.78 is 7.42. The van der Waals surface area contributed by atoms with E-state index in [-0.39, 0.29) is 0 Å². The third-order valence-corrected chi connectivity index (χ3v) is 3.49. The average molecular weight is 245 g/mol. The summed E-state index contributed by atoms with van der Waals surface area (Å²) >= 11 is 0. The SMILES string of the molecule is c1ccn2cc(CNCC3CCOCC3)nc2c1. The van der Waals surface area contributed by atoms with Gasteiger partial charge in [0.1, 0.15) is 5.65 Å². The van der Waals surface area contributed by atoms with Gasteiger partial charge in [-0.25, -0.2) is 4.98 Å². The number of imidazole rings is 1. The second kappa shape index (κ2) is 5.50. The van der Waals surface area contributed by atoms with E-state index in [1.54, 1.807) is 0 Å². The highest BCUT2D eigenvalue weighted by molar-refractivity contribution is 5.39. The summed E-state index contributed by atoms with van der Waals surface area (Å²) in [5.41, 5.74) is 2.12. The van der Waals surface area contributed by atoms with Gasteiger partial charge >= 0.3 is 0 Å². The summed E-state index contributed by atoms with van der Waals surface area (Å²) in [6.07, 6.45) is 6.48. The van der Waals surface area contributed by atoms with Gasteiger partial charge in [0.05, 0.1) is 5.69 Å². The number of nitrogens with zero attached hydrogens (tertiary/aromatic N) is 2. The van der Waals surface area contributed by atoms with Crippen LogP contribution in [0.4, 0.5) is 0 Å². The van der Waals surface area contributed by atoms with Crippen LogP contribution < -0.4 is 5.32 Å². The van der Waals surface area contributed by atoms with Crippen LogP contribution in [0.1, 0.15) is 18.5 Å². The molecule has 0 radical (unpaired) electrons. The first-order chi connectivity index (χ1) is 8.92. The Morgan fingerprint density at radius 3 is 3.06 bits per heavy atom. The normalized spacial score (nSPS) is 17.3. The summed E-state index contributed by atoms with van der Waals surface area (Å²) in [4.78, 5) is 4.57. The number of hydrogen-bond acceptors (Lipinski definition) is 3. The zero-order valence-electron chi connectivity index (χ0n) is 10.5. The van der Waals surface area contributed by atoms with E-state index in [0.29, 0.717) is 0 Å². The molecule has 2 aromatic heterocycles. The zero-order valence-corrected chi connectivity index (χ0v) is 10.5. The van der Waals surface area contributed by atoms with Crippen LogP contribution in [0.3, 0.4) is 0 Å². The second-order valence-corrected chi connectivity index (χ2v) is 4.88. The number of aromatic nitrogens is 2. The molecule has 0 aliphatic carbocycles. The Kier molecular flexibility index (Phi) is 3.57. The van der Waals surface area contributed by atoms with Gasteiger partial charge in [0.2, 0.25) is 0 Å². The van der Waals surface area contributed by atoms with Gasteiger partial charge in [-0.2, -0.15) is 0 Å². The standard InChI is InChI=1S/C14H19N3O/c1-2-6-17-11-13(16-14(17)3-1)10-15-9-12-4-7-18-8-5-12/h1-3,6,11-12,15H,4-5,7-10H2. The third kappa shape index (κ3) is 2.71. The quantitative estimate of drug-likeness (QED) is 0.893. The van der Waals surface area contributed by atoms with Crippen LogP contribution in [0.2, 0.25) is 0 Å². The minimum Gasteiger partial charge on any atom is -0.381 e. The van der Waals surface area contributed by atoms with E-state index in [1.165, 1.54) is 12.8 Å². The fourth-order valence-corrected chi connectivity index (χ4v) is 2.43. The van der Waals surface area contributed by atoms with E-state index >= 15 is 0 Å². The molecule has 3 rings (SSSR count). The molecule has 0 amide bonds. The Morgan fingerprint density at radius 2 is 2.22 bits per heavy atom. The van der Waals surface area contributed by atoms with Gasteiger partial charge in [-0.15, -0.1) is 0 Å². The molecule has 4 nitrogen and oxygen atoms in total. The van der Waals surface area contributed by atoms with E-state index in [2.05, 4.69) is 20.9 Å². The van der Waals surface area contributed by atoms with E-state index < -0.39 is 0 Å². The Hall–Kier alpha value is -1.39. The lowest BCUT2D eigenvalue weighted by molar-refractivity contribution is 0.0662. The van der Waals surface area contributed by atoms with Crippen molar-refractivity contribution >= 4 is 5.65 Å². The number of fused-ring (bicyclic) bond motifs is 1. The summed E-state index contributed by atoms with van der Waals surface area (Å²) in [6.45, 7) is 3.75. The van der Waals surface area contributed by atoms with Crippen molar-refractivity contribution in [1.29, 1.82) is 0 Å². The molecular formula is C14H19N3O. The van der Waals surface area contributed by atoms with Crippen LogP contribution in [-0.4, -0.2) is 29.1 Å². The monoisotopic (exact) mass is 245 g/mol. The number of rotatable bonds is 4. The third-order valence-electron chi connectivity index (χ3n) is 3.49. The van der Waals surface area contributed by atoms with Gasteiger partial charge in [0.15, 0.2) is 0 Å². The van der Waals surface area contributed by atoms with Crippen molar-refractivity contribution in [1.82, 2.24) is 14.7 Å². The van der Waals surface area contributed by atoms with Crippen molar-refractivity contribution in [2.75, 3.05) is 19.8 Å². The first kappa shape index (κ1) is 11.7. The molecule has 0 saturated carbocycles. The Morgan fingerprint density at radius 1 is 1.33 bits per heavy atom. The van der Waals surface area contributed by atoms with Crippen molar-refractivity contribution in [3.8, 4) is 0 Å². The van der Waals surface area contributed by atoms with E-state index in [9.17, 15) is 0 Å². The lowest BCUT2D eigenvalue weighted by Gasteiger charge is -2.21. The van der Waals surface area contributed by atoms with Crippen LogP contribution in [0, 0.1) is 5.92 Å². The van der Waals surface area contributed by atoms with E-state index in [4.69, 9.17) is 4.74 Å². The number of ether oxygens (including phenoxy) is 1.